The minimum absolute atomic E-state index is 0.0130. The van der Waals surface area contributed by atoms with Gasteiger partial charge in [-0.1, -0.05) is 84.9 Å². The van der Waals surface area contributed by atoms with Crippen LogP contribution in [0.15, 0.2) is 87.5 Å². The zero-order valence-electron chi connectivity index (χ0n) is 67.1. The Kier molecular flexibility index (Phi) is 24.7. The number of ether oxygens (including phenoxy) is 6. The van der Waals surface area contributed by atoms with Gasteiger partial charge in [0, 0.05) is 48.6 Å². The molecular formula is C86H123O19S3+. The lowest BCUT2D eigenvalue weighted by atomic mass is 9.47. The van der Waals surface area contributed by atoms with Gasteiger partial charge in [-0.15, -0.1) is 0 Å². The van der Waals surface area contributed by atoms with Crippen LogP contribution in [0.3, 0.4) is 0 Å². The Labute approximate surface area is 646 Å². The Hall–Kier alpha value is -5.39. The van der Waals surface area contributed by atoms with Crippen molar-refractivity contribution in [1.29, 1.82) is 0 Å². The standard InChI is InChI=1S/C26H29O2S.C19H32O2.C16H26O3.C15H22O7S.C10H14O5S/c1-6-26(4,5)25(27)28-24-19(2)17-23(18-20(24)3)29(21-13-9-7-10-14-21)22-15-11-8-12-16-22;1-6-18(4,5)17(20)21-19(12(2)3)15-8-13-7-14(10-15)11-16(19)9-13;1-4-14(2,3)13(17)19-16-8-11-5-12(9-16)7-15(18,6-11)10-16;1-4-15(2,3)14(17)20-7-11(16)21-12-8-5-9-10(6-8)23(18,19)22-13(9)12;1-2-8(11)14-9-5-3-6-7(4-5)16(12,13)15-10(6)9/h7-18H,6H2,1-5H3;12-16H,6-11H2,1-5H3;11-12,18H,4-10H2,1-3H3;8-10,12-13H,4-7H2,1-3H3;5-7,9-10H,2-4H2,1H3/q+1;;;;. The fourth-order valence-corrected chi connectivity index (χ4v) is 26.4. The van der Waals surface area contributed by atoms with Crippen molar-refractivity contribution < 1.29 is 87.5 Å². The van der Waals surface area contributed by atoms with Crippen molar-refractivity contribution in [2.24, 2.45) is 86.8 Å². The first-order valence-electron chi connectivity index (χ1n) is 40.3. The van der Waals surface area contributed by atoms with E-state index in [4.69, 9.17) is 36.8 Å². The van der Waals surface area contributed by atoms with E-state index in [1.807, 2.05) is 88.3 Å². The summed E-state index contributed by atoms with van der Waals surface area (Å²) in [6, 6.07) is 25.5. The molecule has 12 unspecified atom stereocenters. The van der Waals surface area contributed by atoms with E-state index in [-0.39, 0.29) is 86.4 Å². The lowest BCUT2D eigenvalue weighted by molar-refractivity contribution is -0.231. The average molecular weight is 1560 g/mol. The third kappa shape index (κ3) is 17.1. The third-order valence-electron chi connectivity index (χ3n) is 27.4. The Balaban J connectivity index is 0.000000136. The quantitative estimate of drug-likeness (QED) is 0.0362. The molecule has 0 amide bonds. The maximum atomic E-state index is 12.8. The summed E-state index contributed by atoms with van der Waals surface area (Å²) in [5.41, 5.74) is -1.00. The molecule has 19 nitrogen and oxygen atoms in total. The number of hydrogen-bond donors (Lipinski definition) is 1. The minimum Gasteiger partial charge on any atom is -0.459 e. The molecular weight excluding hydrogens is 1430 g/mol. The van der Waals surface area contributed by atoms with Gasteiger partial charge in [-0.25, -0.2) is 4.79 Å². The lowest BCUT2D eigenvalue weighted by Crippen LogP contribution is -2.63. The van der Waals surface area contributed by atoms with Crippen LogP contribution in [0.25, 0.3) is 0 Å². The van der Waals surface area contributed by atoms with Crippen LogP contribution in [0.1, 0.15) is 243 Å². The summed E-state index contributed by atoms with van der Waals surface area (Å²) in [6.07, 6.45) is 16.3. The van der Waals surface area contributed by atoms with E-state index in [9.17, 15) is 50.7 Å². The van der Waals surface area contributed by atoms with Crippen LogP contribution < -0.4 is 4.74 Å². The van der Waals surface area contributed by atoms with Gasteiger partial charge in [0.2, 0.25) is 0 Å². The Morgan fingerprint density at radius 2 is 0.926 bits per heavy atom. The van der Waals surface area contributed by atoms with E-state index in [0.717, 1.165) is 74.3 Å². The van der Waals surface area contributed by atoms with E-state index < -0.39 is 84.2 Å². The highest BCUT2D eigenvalue weighted by molar-refractivity contribution is 7.97. The lowest BCUT2D eigenvalue weighted by Gasteiger charge is -2.62. The van der Waals surface area contributed by atoms with Gasteiger partial charge < -0.3 is 33.5 Å². The number of hydrogen-bond acceptors (Lipinski definition) is 19. The molecule has 0 aromatic heterocycles. The molecule has 12 atom stereocenters. The monoisotopic (exact) mass is 1560 g/mol. The maximum absolute atomic E-state index is 12.8. The number of carbonyl (C=O) groups is 6. The SMILES string of the molecule is CCC(=O)OC1C2CC3C1OS(=O)(=O)C3C2.CCC(C)(C)C(=O)OC1(C(C)C)C2CC3CC(C2)CC1C3.CCC(C)(C)C(=O)OC12CC3CC(CC(O)(C3)C1)C2.CCC(C)(C)C(=O)OCC(=O)OC1C2CC3C1OS(=O)(=O)C3C2.CCC(C)(C)C(=O)Oc1c(C)cc([S+](c2ccccc2)c2ccccc2)cc1C. The minimum atomic E-state index is -3.53. The van der Waals surface area contributed by atoms with Crippen LogP contribution in [0.4, 0.5) is 0 Å². The van der Waals surface area contributed by atoms with Crippen LogP contribution in [0.2, 0.25) is 0 Å². The highest BCUT2D eigenvalue weighted by Crippen LogP contribution is 2.63. The number of aryl methyl sites for hydroxylation is 2. The summed E-state index contributed by atoms with van der Waals surface area (Å²) in [5, 5.41) is 9.85. The normalized spacial score (nSPS) is 33.9. The summed E-state index contributed by atoms with van der Waals surface area (Å²) < 4.78 is 91.0. The molecule has 598 valence electrons. The average Bonchev–Trinajstić information content (AvgIpc) is 1.05. The zero-order chi connectivity index (χ0) is 78.8. The molecule has 14 aliphatic rings. The van der Waals surface area contributed by atoms with E-state index in [1.165, 1.54) is 53.2 Å². The highest BCUT2D eigenvalue weighted by Gasteiger charge is 2.68. The van der Waals surface area contributed by atoms with Crippen molar-refractivity contribution in [1.82, 2.24) is 0 Å². The van der Waals surface area contributed by atoms with Crippen molar-refractivity contribution >= 4 is 66.9 Å². The van der Waals surface area contributed by atoms with E-state index in [0.29, 0.717) is 73.9 Å². The second-order valence-electron chi connectivity index (χ2n) is 36.9. The molecule has 12 saturated carbocycles. The molecule has 17 rings (SSSR count). The summed E-state index contributed by atoms with van der Waals surface area (Å²) in [6.45, 7) is 33.1. The van der Waals surface area contributed by atoms with Crippen LogP contribution >= 0.6 is 0 Å². The first-order valence-corrected chi connectivity index (χ1v) is 44.5. The van der Waals surface area contributed by atoms with Gasteiger partial charge in [0.05, 0.1) is 48.7 Å². The molecule has 2 saturated heterocycles. The third-order valence-corrected chi connectivity index (χ3v) is 33.2. The molecule has 0 radical (unpaired) electrons. The maximum Gasteiger partial charge on any atom is 0.344 e. The summed E-state index contributed by atoms with van der Waals surface area (Å²) in [7, 11) is -7.14. The molecule has 0 spiro atoms. The first kappa shape index (κ1) is 83.5. The second-order valence-corrected chi connectivity index (χ2v) is 42.5. The molecule has 1 N–H and O–H groups in total. The van der Waals surface area contributed by atoms with Crippen molar-refractivity contribution in [2.75, 3.05) is 6.61 Å². The molecule has 12 bridgehead atoms. The summed E-state index contributed by atoms with van der Waals surface area (Å²) >= 11 is 0. The van der Waals surface area contributed by atoms with Crippen LogP contribution in [-0.4, -0.2) is 116 Å². The summed E-state index contributed by atoms with van der Waals surface area (Å²) in [5.74, 6) is 3.84. The van der Waals surface area contributed by atoms with Gasteiger partial charge in [0.25, 0.3) is 20.2 Å². The van der Waals surface area contributed by atoms with Crippen LogP contribution in [-0.2, 0) is 91.9 Å². The Morgan fingerprint density at radius 1 is 0.519 bits per heavy atom. The van der Waals surface area contributed by atoms with Crippen LogP contribution in [0, 0.1) is 101 Å². The van der Waals surface area contributed by atoms with Gasteiger partial charge in [-0.05, 0) is 262 Å². The topological polar surface area (TPSA) is 265 Å². The van der Waals surface area contributed by atoms with E-state index >= 15 is 0 Å². The molecule has 108 heavy (non-hydrogen) atoms. The van der Waals surface area contributed by atoms with Crippen molar-refractivity contribution in [3.05, 3.63) is 83.9 Å². The number of fused-ring (bicyclic) bond motifs is 2. The number of esters is 6. The van der Waals surface area contributed by atoms with Gasteiger partial charge in [0.1, 0.15) is 41.4 Å². The van der Waals surface area contributed by atoms with Crippen molar-refractivity contribution in [3.63, 3.8) is 0 Å². The van der Waals surface area contributed by atoms with Gasteiger partial charge >= 0.3 is 35.8 Å². The number of rotatable bonds is 20. The van der Waals surface area contributed by atoms with Gasteiger partial charge in [-0.3, -0.25) is 32.3 Å². The van der Waals surface area contributed by atoms with E-state index in [2.05, 4.69) is 81.4 Å². The largest absolute Gasteiger partial charge is 0.459 e. The molecule has 2 aliphatic heterocycles. The molecule has 3 aromatic carbocycles. The molecule has 14 fully saturated rings. The highest BCUT2D eigenvalue weighted by atomic mass is 32.2. The molecule has 22 heteroatoms. The Bertz CT molecular complexity index is 3910. The Morgan fingerprint density at radius 3 is 1.34 bits per heavy atom. The van der Waals surface area contributed by atoms with E-state index in [1.54, 1.807) is 20.8 Å². The first-order chi connectivity index (χ1) is 50.6. The number of carbonyl (C=O) groups excluding carboxylic acids is 6. The predicted octanol–water partition coefficient (Wildman–Crippen LogP) is 16.1. The van der Waals surface area contributed by atoms with Gasteiger partial charge in [0.15, 0.2) is 21.3 Å². The van der Waals surface area contributed by atoms with Crippen molar-refractivity contribution in [2.45, 2.75) is 313 Å². The number of benzene rings is 3. The van der Waals surface area contributed by atoms with Gasteiger partial charge in [-0.2, -0.15) is 16.8 Å². The smallest absolute Gasteiger partial charge is 0.344 e. The van der Waals surface area contributed by atoms with Crippen molar-refractivity contribution in [3.8, 4) is 5.75 Å². The predicted molar refractivity (Wildman–Crippen MR) is 411 cm³/mol. The zero-order valence-corrected chi connectivity index (χ0v) is 69.6. The fourth-order valence-electron chi connectivity index (χ4n) is 20.4. The molecule has 3 aromatic rings. The number of aliphatic hydroxyl groups is 1. The fraction of sp³-hybridized carbons (Fsp3) is 0.721. The summed E-state index contributed by atoms with van der Waals surface area (Å²) in [4.78, 5) is 76.6. The second kappa shape index (κ2) is 31.9. The molecule has 12 aliphatic carbocycles. The molecule has 2 heterocycles. The van der Waals surface area contributed by atoms with Crippen LogP contribution in [0.5, 0.6) is 5.75 Å².